The van der Waals surface area contributed by atoms with Gasteiger partial charge >= 0.3 is 0 Å². The Kier molecular flexibility index (Phi) is 3.93. The molecule has 2 aromatic carbocycles. The lowest BCUT2D eigenvalue weighted by molar-refractivity contribution is 0.0929. The molecular weight excluding hydrogens is 270 g/mol. The number of amides is 1. The zero-order chi connectivity index (χ0) is 13.9. The number of nitrogens with one attached hydrogen (secondary N) is 1. The van der Waals surface area contributed by atoms with Crippen LogP contribution in [0, 0.1) is 0 Å². The van der Waals surface area contributed by atoms with E-state index >= 15 is 0 Å². The van der Waals surface area contributed by atoms with Crippen molar-refractivity contribution in [2.45, 2.75) is 38.1 Å². The predicted octanol–water partition coefficient (Wildman–Crippen LogP) is 4.56. The van der Waals surface area contributed by atoms with E-state index in [-0.39, 0.29) is 5.91 Å². The fraction of sp³-hybridized carbons (Fsp3) is 0.353. The quantitative estimate of drug-likeness (QED) is 0.862. The van der Waals surface area contributed by atoms with Crippen LogP contribution in [0.15, 0.2) is 36.4 Å². The summed E-state index contributed by atoms with van der Waals surface area (Å²) in [4.78, 5) is 12.5. The molecule has 2 aromatic rings. The second-order valence-corrected chi connectivity index (χ2v) is 5.86. The van der Waals surface area contributed by atoms with Gasteiger partial charge in [-0.15, -0.1) is 0 Å². The third kappa shape index (κ3) is 2.66. The lowest BCUT2D eigenvalue weighted by Gasteiger charge is -2.23. The van der Waals surface area contributed by atoms with Gasteiger partial charge in [-0.3, -0.25) is 4.79 Å². The highest BCUT2D eigenvalue weighted by Crippen LogP contribution is 2.26. The first-order valence-electron chi connectivity index (χ1n) is 7.24. The first-order chi connectivity index (χ1) is 9.75. The maximum Gasteiger partial charge on any atom is 0.252 e. The van der Waals surface area contributed by atoms with Gasteiger partial charge in [0.15, 0.2) is 0 Å². The number of carbonyl (C=O) groups excluding carboxylic acids is 1. The van der Waals surface area contributed by atoms with Gasteiger partial charge in [0.25, 0.3) is 5.91 Å². The van der Waals surface area contributed by atoms with Crippen molar-refractivity contribution in [3.63, 3.8) is 0 Å². The van der Waals surface area contributed by atoms with Crippen molar-refractivity contribution in [1.29, 1.82) is 0 Å². The van der Waals surface area contributed by atoms with Crippen molar-refractivity contribution >= 4 is 28.3 Å². The molecule has 1 aliphatic carbocycles. The van der Waals surface area contributed by atoms with Gasteiger partial charge in [0.1, 0.15) is 0 Å². The third-order valence-corrected chi connectivity index (χ3v) is 4.38. The fourth-order valence-electron chi connectivity index (χ4n) is 2.98. The van der Waals surface area contributed by atoms with E-state index in [0.717, 1.165) is 29.2 Å². The first kappa shape index (κ1) is 13.4. The number of rotatable bonds is 2. The molecule has 1 N–H and O–H groups in total. The van der Waals surface area contributed by atoms with Crippen LogP contribution in [0.4, 0.5) is 0 Å². The van der Waals surface area contributed by atoms with E-state index in [1.807, 2.05) is 36.4 Å². The van der Waals surface area contributed by atoms with Gasteiger partial charge < -0.3 is 5.32 Å². The number of halogens is 1. The van der Waals surface area contributed by atoms with Crippen LogP contribution in [0.1, 0.15) is 42.5 Å². The smallest absolute Gasteiger partial charge is 0.252 e. The average molecular weight is 288 g/mol. The molecule has 0 atom stereocenters. The van der Waals surface area contributed by atoms with Crippen molar-refractivity contribution in [2.75, 3.05) is 0 Å². The fourth-order valence-corrected chi connectivity index (χ4v) is 3.22. The molecule has 0 saturated heterocycles. The van der Waals surface area contributed by atoms with Crippen LogP contribution in [-0.2, 0) is 0 Å². The molecule has 2 nitrogen and oxygen atoms in total. The maximum absolute atomic E-state index is 12.5. The monoisotopic (exact) mass is 287 g/mol. The van der Waals surface area contributed by atoms with Crippen LogP contribution in [0.3, 0.4) is 0 Å². The minimum Gasteiger partial charge on any atom is -0.349 e. The third-order valence-electron chi connectivity index (χ3n) is 4.05. The van der Waals surface area contributed by atoms with Crippen LogP contribution >= 0.6 is 11.6 Å². The number of benzene rings is 2. The van der Waals surface area contributed by atoms with Gasteiger partial charge in [0, 0.05) is 22.0 Å². The standard InChI is InChI=1S/C17H18ClNO/c18-16-11-5-8-13-14(16)9-4-10-15(13)17(20)19-12-6-2-1-3-7-12/h4-5,8-12H,1-3,6-7H2,(H,19,20). The van der Waals surface area contributed by atoms with Gasteiger partial charge in [-0.1, -0.05) is 55.1 Å². The number of carbonyl (C=O) groups is 1. The van der Waals surface area contributed by atoms with Crippen LogP contribution in [0.2, 0.25) is 5.02 Å². The first-order valence-corrected chi connectivity index (χ1v) is 7.61. The summed E-state index contributed by atoms with van der Waals surface area (Å²) in [5.74, 6) is 0.0183. The normalized spacial score (nSPS) is 16.2. The van der Waals surface area contributed by atoms with Gasteiger partial charge in [0.2, 0.25) is 0 Å². The topological polar surface area (TPSA) is 29.1 Å². The van der Waals surface area contributed by atoms with E-state index < -0.39 is 0 Å². The van der Waals surface area contributed by atoms with E-state index in [1.54, 1.807) is 0 Å². The largest absolute Gasteiger partial charge is 0.349 e. The molecule has 1 saturated carbocycles. The molecule has 0 aromatic heterocycles. The van der Waals surface area contributed by atoms with Crippen molar-refractivity contribution < 1.29 is 4.79 Å². The average Bonchev–Trinajstić information content (AvgIpc) is 2.48. The molecule has 0 spiro atoms. The van der Waals surface area contributed by atoms with Crippen molar-refractivity contribution in [2.24, 2.45) is 0 Å². The van der Waals surface area contributed by atoms with Crippen molar-refractivity contribution in [3.8, 4) is 0 Å². The highest BCUT2D eigenvalue weighted by molar-refractivity contribution is 6.36. The molecule has 0 aliphatic heterocycles. The number of fused-ring (bicyclic) bond motifs is 1. The summed E-state index contributed by atoms with van der Waals surface area (Å²) < 4.78 is 0. The Bertz CT molecular complexity index is 632. The molecule has 3 heteroatoms. The Labute approximate surface area is 124 Å². The van der Waals surface area contributed by atoms with Crippen LogP contribution in [-0.4, -0.2) is 11.9 Å². The molecule has 20 heavy (non-hydrogen) atoms. The minimum absolute atomic E-state index is 0.0183. The van der Waals surface area contributed by atoms with Gasteiger partial charge in [0.05, 0.1) is 0 Å². The summed E-state index contributed by atoms with van der Waals surface area (Å²) in [6.45, 7) is 0. The Balaban J connectivity index is 1.89. The zero-order valence-electron chi connectivity index (χ0n) is 11.4. The summed E-state index contributed by atoms with van der Waals surface area (Å²) in [6.07, 6.45) is 5.91. The number of hydrogen-bond donors (Lipinski definition) is 1. The van der Waals surface area contributed by atoms with Gasteiger partial charge in [-0.05, 0) is 30.4 Å². The molecule has 0 heterocycles. The van der Waals surface area contributed by atoms with E-state index in [4.69, 9.17) is 11.6 Å². The molecular formula is C17H18ClNO. The molecule has 0 unspecified atom stereocenters. The number of hydrogen-bond acceptors (Lipinski definition) is 1. The van der Waals surface area contributed by atoms with Crippen LogP contribution in [0.25, 0.3) is 10.8 Å². The Morgan fingerprint density at radius 2 is 1.70 bits per heavy atom. The summed E-state index contributed by atoms with van der Waals surface area (Å²) in [5, 5.41) is 5.71. The van der Waals surface area contributed by atoms with E-state index in [0.29, 0.717) is 11.1 Å². The summed E-state index contributed by atoms with van der Waals surface area (Å²) in [5.41, 5.74) is 0.718. The minimum atomic E-state index is 0.0183. The second kappa shape index (κ2) is 5.84. The van der Waals surface area contributed by atoms with E-state index in [1.165, 1.54) is 19.3 Å². The Morgan fingerprint density at radius 3 is 2.50 bits per heavy atom. The summed E-state index contributed by atoms with van der Waals surface area (Å²) in [7, 11) is 0. The van der Waals surface area contributed by atoms with Crippen molar-refractivity contribution in [1.82, 2.24) is 5.32 Å². The lowest BCUT2D eigenvalue weighted by Crippen LogP contribution is -2.36. The Hall–Kier alpha value is -1.54. The lowest BCUT2D eigenvalue weighted by atomic mass is 9.95. The molecule has 0 bridgehead atoms. The van der Waals surface area contributed by atoms with Crippen LogP contribution < -0.4 is 5.32 Å². The summed E-state index contributed by atoms with van der Waals surface area (Å²) >= 11 is 6.19. The highest BCUT2D eigenvalue weighted by Gasteiger charge is 2.18. The predicted molar refractivity (Wildman–Crippen MR) is 83.3 cm³/mol. The highest BCUT2D eigenvalue weighted by atomic mass is 35.5. The van der Waals surface area contributed by atoms with Gasteiger partial charge in [-0.25, -0.2) is 0 Å². The molecule has 1 aliphatic rings. The molecule has 1 fully saturated rings. The van der Waals surface area contributed by atoms with E-state index in [9.17, 15) is 4.79 Å². The molecule has 3 rings (SSSR count). The van der Waals surface area contributed by atoms with E-state index in [2.05, 4.69) is 5.32 Å². The molecule has 1 amide bonds. The maximum atomic E-state index is 12.5. The van der Waals surface area contributed by atoms with Gasteiger partial charge in [-0.2, -0.15) is 0 Å². The SMILES string of the molecule is O=C(NC1CCCCC1)c1cccc2c(Cl)cccc12. The second-order valence-electron chi connectivity index (χ2n) is 5.45. The van der Waals surface area contributed by atoms with Crippen LogP contribution in [0.5, 0.6) is 0 Å². The Morgan fingerprint density at radius 1 is 1.00 bits per heavy atom. The molecule has 0 radical (unpaired) electrons. The molecule has 104 valence electrons. The zero-order valence-corrected chi connectivity index (χ0v) is 12.1. The summed E-state index contributed by atoms with van der Waals surface area (Å²) in [6, 6.07) is 11.7. The van der Waals surface area contributed by atoms with Crippen molar-refractivity contribution in [3.05, 3.63) is 47.0 Å².